The molecule has 0 atom stereocenters. The van der Waals surface area contributed by atoms with Crippen LogP contribution in [0.5, 0.6) is 5.75 Å². The highest BCUT2D eigenvalue weighted by atomic mass is 16.5. The molecule has 0 unspecified atom stereocenters. The van der Waals surface area contributed by atoms with Crippen LogP contribution in [-0.2, 0) is 9.59 Å². The molecule has 2 aliphatic heterocycles. The third kappa shape index (κ3) is 4.83. The molecule has 4 amide bonds. The van der Waals surface area contributed by atoms with E-state index in [1.165, 1.54) is 13.0 Å². The van der Waals surface area contributed by atoms with Crippen LogP contribution in [0.25, 0.3) is 0 Å². The lowest BCUT2D eigenvalue weighted by molar-refractivity contribution is -0.132. The van der Waals surface area contributed by atoms with Crippen molar-refractivity contribution in [2.75, 3.05) is 32.7 Å². The average molecular weight is 463 g/mol. The zero-order valence-electron chi connectivity index (χ0n) is 18.9. The molecule has 9 nitrogen and oxygen atoms in total. The lowest BCUT2D eigenvalue weighted by Gasteiger charge is -2.23. The fourth-order valence-corrected chi connectivity index (χ4v) is 4.22. The molecule has 34 heavy (non-hydrogen) atoms. The second kappa shape index (κ2) is 9.86. The molecule has 0 saturated carbocycles. The number of benzene rings is 2. The van der Waals surface area contributed by atoms with Crippen LogP contribution in [-0.4, -0.2) is 77.0 Å². The number of rotatable bonds is 5. The molecule has 0 aromatic heterocycles. The fourth-order valence-electron chi connectivity index (χ4n) is 4.22. The molecule has 2 heterocycles. The molecule has 1 saturated heterocycles. The molecule has 2 aliphatic rings. The van der Waals surface area contributed by atoms with Crippen LogP contribution < -0.4 is 4.74 Å². The third-order valence-electron chi connectivity index (χ3n) is 5.91. The zero-order valence-corrected chi connectivity index (χ0v) is 18.9. The van der Waals surface area contributed by atoms with E-state index >= 15 is 0 Å². The van der Waals surface area contributed by atoms with E-state index in [1.807, 2.05) is 0 Å². The highest BCUT2D eigenvalue weighted by Gasteiger charge is 2.35. The Morgan fingerprint density at radius 3 is 2.18 bits per heavy atom. The summed E-state index contributed by atoms with van der Waals surface area (Å²) in [7, 11) is 0. The molecule has 2 aromatic rings. The molecule has 0 N–H and O–H groups in total. The Balaban J connectivity index is 1.32. The number of imide groups is 1. The molecule has 176 valence electrons. The summed E-state index contributed by atoms with van der Waals surface area (Å²) in [5.41, 5.74) is 1.13. The largest absolute Gasteiger partial charge is 0.427 e. The number of carbonyl (C=O) groups is 5. The first-order valence-electron chi connectivity index (χ1n) is 11.2. The van der Waals surface area contributed by atoms with Crippen molar-refractivity contribution in [3.8, 4) is 5.75 Å². The van der Waals surface area contributed by atoms with E-state index in [0.717, 1.165) is 4.90 Å². The molecular formula is C25H25N3O6. The summed E-state index contributed by atoms with van der Waals surface area (Å²) in [5, 5.41) is 0. The first kappa shape index (κ1) is 23.2. The van der Waals surface area contributed by atoms with Gasteiger partial charge < -0.3 is 14.5 Å². The molecule has 0 bridgehead atoms. The van der Waals surface area contributed by atoms with E-state index < -0.39 is 5.97 Å². The minimum atomic E-state index is -0.463. The first-order valence-corrected chi connectivity index (χ1v) is 11.2. The monoisotopic (exact) mass is 463 g/mol. The molecular weight excluding hydrogens is 438 g/mol. The van der Waals surface area contributed by atoms with Gasteiger partial charge in [0.15, 0.2) is 0 Å². The van der Waals surface area contributed by atoms with Gasteiger partial charge in [-0.3, -0.25) is 28.9 Å². The Labute approximate surface area is 196 Å². The summed E-state index contributed by atoms with van der Waals surface area (Å²) in [5.74, 6) is -1.28. The van der Waals surface area contributed by atoms with Crippen molar-refractivity contribution in [3.05, 3.63) is 65.2 Å². The van der Waals surface area contributed by atoms with E-state index in [9.17, 15) is 24.0 Å². The van der Waals surface area contributed by atoms with Crippen LogP contribution in [0.3, 0.4) is 0 Å². The van der Waals surface area contributed by atoms with Crippen molar-refractivity contribution in [3.63, 3.8) is 0 Å². The Hall–Kier alpha value is -4.01. The van der Waals surface area contributed by atoms with E-state index in [2.05, 4.69) is 0 Å². The van der Waals surface area contributed by atoms with Crippen molar-refractivity contribution >= 4 is 29.6 Å². The summed E-state index contributed by atoms with van der Waals surface area (Å²) in [6.45, 7) is 3.00. The Morgan fingerprint density at radius 2 is 1.50 bits per heavy atom. The highest BCUT2D eigenvalue weighted by molar-refractivity contribution is 6.21. The summed E-state index contributed by atoms with van der Waals surface area (Å²) in [6, 6.07) is 13.1. The van der Waals surface area contributed by atoms with Crippen LogP contribution >= 0.6 is 0 Å². The Bertz CT molecular complexity index is 1130. The summed E-state index contributed by atoms with van der Waals surface area (Å²) >= 11 is 0. The van der Waals surface area contributed by atoms with Gasteiger partial charge in [0.1, 0.15) is 5.75 Å². The molecule has 1 fully saturated rings. The molecule has 2 aromatic carbocycles. The Morgan fingerprint density at radius 1 is 0.853 bits per heavy atom. The van der Waals surface area contributed by atoms with Gasteiger partial charge >= 0.3 is 5.97 Å². The molecule has 9 heteroatoms. The Kier molecular flexibility index (Phi) is 6.72. The topological polar surface area (TPSA) is 104 Å². The van der Waals surface area contributed by atoms with Crippen LogP contribution in [0.4, 0.5) is 0 Å². The smallest absolute Gasteiger partial charge is 0.308 e. The van der Waals surface area contributed by atoms with Crippen molar-refractivity contribution in [1.82, 2.24) is 14.7 Å². The van der Waals surface area contributed by atoms with Gasteiger partial charge in [0.05, 0.1) is 11.1 Å². The SMILES string of the molecule is CC(=O)Oc1cccc(C(=O)N2CCCN(C(=O)CCN3C(=O)c4ccccc4C3=O)CC2)c1. The molecule has 0 radical (unpaired) electrons. The normalized spacial score (nSPS) is 15.7. The summed E-state index contributed by atoms with van der Waals surface area (Å²) < 4.78 is 5.06. The molecule has 0 aliphatic carbocycles. The predicted octanol–water partition coefficient (Wildman–Crippen LogP) is 1.97. The van der Waals surface area contributed by atoms with Crippen molar-refractivity contribution in [2.24, 2.45) is 0 Å². The van der Waals surface area contributed by atoms with Gasteiger partial charge in [-0.1, -0.05) is 18.2 Å². The number of esters is 1. The van der Waals surface area contributed by atoms with Gasteiger partial charge in [0, 0.05) is 51.6 Å². The molecule has 4 rings (SSSR count). The lowest BCUT2D eigenvalue weighted by atomic mass is 10.1. The van der Waals surface area contributed by atoms with Crippen LogP contribution in [0.15, 0.2) is 48.5 Å². The van der Waals surface area contributed by atoms with E-state index in [4.69, 9.17) is 4.74 Å². The van der Waals surface area contributed by atoms with E-state index in [1.54, 1.807) is 52.3 Å². The van der Waals surface area contributed by atoms with E-state index in [0.29, 0.717) is 55.0 Å². The molecule has 0 spiro atoms. The fraction of sp³-hybridized carbons (Fsp3) is 0.320. The zero-order chi connectivity index (χ0) is 24.2. The summed E-state index contributed by atoms with van der Waals surface area (Å²) in [4.78, 5) is 66.4. The summed E-state index contributed by atoms with van der Waals surface area (Å²) in [6.07, 6.45) is 0.637. The van der Waals surface area contributed by atoms with Gasteiger partial charge in [-0.05, 0) is 36.8 Å². The second-order valence-corrected chi connectivity index (χ2v) is 8.21. The highest BCUT2D eigenvalue weighted by Crippen LogP contribution is 2.23. The standard InChI is InChI=1S/C25H25N3O6/c1-17(29)34-19-7-4-6-18(16-19)23(31)27-12-5-11-26(14-15-27)22(30)10-13-28-24(32)20-8-2-3-9-21(20)25(28)33/h2-4,6-9,16H,5,10-15H2,1H3. The van der Waals surface area contributed by atoms with E-state index in [-0.39, 0.29) is 36.6 Å². The minimum Gasteiger partial charge on any atom is -0.427 e. The number of hydrogen-bond acceptors (Lipinski definition) is 6. The van der Waals surface area contributed by atoms with Gasteiger partial charge in [-0.2, -0.15) is 0 Å². The van der Waals surface area contributed by atoms with Crippen LogP contribution in [0.2, 0.25) is 0 Å². The maximum Gasteiger partial charge on any atom is 0.308 e. The minimum absolute atomic E-state index is 0.0211. The van der Waals surface area contributed by atoms with Crippen molar-refractivity contribution in [2.45, 2.75) is 19.8 Å². The lowest BCUT2D eigenvalue weighted by Crippen LogP contribution is -2.39. The number of ether oxygens (including phenoxy) is 1. The maximum atomic E-state index is 12.9. The second-order valence-electron chi connectivity index (χ2n) is 8.21. The van der Waals surface area contributed by atoms with Gasteiger partial charge in [0.25, 0.3) is 17.7 Å². The average Bonchev–Trinajstić information content (AvgIpc) is 2.98. The first-order chi connectivity index (χ1) is 16.3. The van der Waals surface area contributed by atoms with Crippen molar-refractivity contribution < 1.29 is 28.7 Å². The number of fused-ring (bicyclic) bond motifs is 1. The number of amides is 4. The van der Waals surface area contributed by atoms with Crippen LogP contribution in [0, 0.1) is 0 Å². The van der Waals surface area contributed by atoms with Gasteiger partial charge in [-0.25, -0.2) is 0 Å². The van der Waals surface area contributed by atoms with Crippen molar-refractivity contribution in [1.29, 1.82) is 0 Å². The quantitative estimate of drug-likeness (QED) is 0.382. The third-order valence-corrected chi connectivity index (χ3v) is 5.91. The van der Waals surface area contributed by atoms with Gasteiger partial charge in [0.2, 0.25) is 5.91 Å². The number of nitrogens with zero attached hydrogens (tertiary/aromatic N) is 3. The van der Waals surface area contributed by atoms with Gasteiger partial charge in [-0.15, -0.1) is 0 Å². The maximum absolute atomic E-state index is 12.9. The predicted molar refractivity (Wildman–Crippen MR) is 121 cm³/mol. The number of carbonyl (C=O) groups excluding carboxylic acids is 5. The number of hydrogen-bond donors (Lipinski definition) is 0. The van der Waals surface area contributed by atoms with Crippen LogP contribution in [0.1, 0.15) is 50.8 Å².